The van der Waals surface area contributed by atoms with Crippen molar-refractivity contribution in [1.29, 1.82) is 0 Å². The third-order valence-electron chi connectivity index (χ3n) is 2.31. The van der Waals surface area contributed by atoms with Gasteiger partial charge in [0.25, 0.3) is 0 Å². The van der Waals surface area contributed by atoms with Crippen molar-refractivity contribution in [1.82, 2.24) is 4.98 Å². The van der Waals surface area contributed by atoms with Gasteiger partial charge in [0.1, 0.15) is 0 Å². The Kier molecular flexibility index (Phi) is 2.42. The van der Waals surface area contributed by atoms with E-state index in [-0.39, 0.29) is 0 Å². The molecule has 1 aromatic heterocycles. The highest BCUT2D eigenvalue weighted by Crippen LogP contribution is 2.22. The molecule has 0 radical (unpaired) electrons. The van der Waals surface area contributed by atoms with Gasteiger partial charge in [0.2, 0.25) is 0 Å². The number of aryl methyl sites for hydroxylation is 2. The summed E-state index contributed by atoms with van der Waals surface area (Å²) in [5.41, 5.74) is 11.2. The number of anilines is 1. The monoisotopic (exact) mass is 198 g/mol. The molecule has 0 fully saturated rings. The number of hydrogen-bond donors (Lipinski definition) is 1. The summed E-state index contributed by atoms with van der Waals surface area (Å²) in [6, 6.07) is 8.39. The van der Waals surface area contributed by atoms with Gasteiger partial charge in [0.15, 0.2) is 0 Å². The number of nitrogen functional groups attached to an aromatic ring is 1. The average Bonchev–Trinajstić information content (AvgIpc) is 2.16. The lowest BCUT2D eigenvalue weighted by atomic mass is 10.0. The summed E-state index contributed by atoms with van der Waals surface area (Å²) >= 11 is 0. The summed E-state index contributed by atoms with van der Waals surface area (Å²) in [4.78, 5) is 4.09. The SMILES string of the molecule is Cc1cc(C)cc(-c2cncc(N)c2)c1. The predicted octanol–water partition coefficient (Wildman–Crippen LogP) is 2.95. The molecule has 0 amide bonds. The minimum absolute atomic E-state index is 0.701. The third-order valence-corrected chi connectivity index (χ3v) is 2.31. The van der Waals surface area contributed by atoms with Gasteiger partial charge in [-0.15, -0.1) is 0 Å². The molecule has 2 heteroatoms. The summed E-state index contributed by atoms with van der Waals surface area (Å²) < 4.78 is 0. The maximum Gasteiger partial charge on any atom is 0.0506 e. The number of rotatable bonds is 1. The number of hydrogen-bond acceptors (Lipinski definition) is 2. The van der Waals surface area contributed by atoms with Crippen LogP contribution in [0.2, 0.25) is 0 Å². The normalized spacial score (nSPS) is 10.3. The van der Waals surface area contributed by atoms with E-state index in [1.807, 2.05) is 12.3 Å². The molecule has 0 atom stereocenters. The standard InChI is InChI=1S/C13H14N2/c1-9-3-10(2)5-11(4-9)12-6-13(14)8-15-7-12/h3-8H,14H2,1-2H3. The van der Waals surface area contributed by atoms with Gasteiger partial charge in [-0.3, -0.25) is 4.98 Å². The summed E-state index contributed by atoms with van der Waals surface area (Å²) in [5, 5.41) is 0. The molecule has 1 aromatic carbocycles. The summed E-state index contributed by atoms with van der Waals surface area (Å²) in [6.07, 6.45) is 3.50. The molecule has 1 heterocycles. The molecule has 15 heavy (non-hydrogen) atoms. The van der Waals surface area contributed by atoms with Gasteiger partial charge in [0.05, 0.1) is 5.69 Å². The molecule has 0 unspecified atom stereocenters. The molecule has 0 saturated heterocycles. The Morgan fingerprint density at radius 2 is 1.53 bits per heavy atom. The zero-order valence-corrected chi connectivity index (χ0v) is 8.99. The van der Waals surface area contributed by atoms with Gasteiger partial charge in [-0.05, 0) is 25.5 Å². The quantitative estimate of drug-likeness (QED) is 0.765. The highest BCUT2D eigenvalue weighted by Gasteiger charge is 2.00. The van der Waals surface area contributed by atoms with E-state index in [0.29, 0.717) is 5.69 Å². The van der Waals surface area contributed by atoms with E-state index >= 15 is 0 Å². The molecule has 0 aliphatic carbocycles. The molecule has 0 aliphatic rings. The molecule has 76 valence electrons. The Balaban J connectivity index is 2.54. The molecular formula is C13H14N2. The molecule has 0 aliphatic heterocycles. The second kappa shape index (κ2) is 3.73. The van der Waals surface area contributed by atoms with Gasteiger partial charge >= 0.3 is 0 Å². The van der Waals surface area contributed by atoms with Crippen molar-refractivity contribution in [2.24, 2.45) is 0 Å². The van der Waals surface area contributed by atoms with Crippen molar-refractivity contribution in [3.63, 3.8) is 0 Å². The van der Waals surface area contributed by atoms with Crippen molar-refractivity contribution < 1.29 is 0 Å². The van der Waals surface area contributed by atoms with Crippen LogP contribution in [0.15, 0.2) is 36.7 Å². The second-order valence-electron chi connectivity index (χ2n) is 3.88. The molecule has 2 rings (SSSR count). The van der Waals surface area contributed by atoms with E-state index in [1.165, 1.54) is 16.7 Å². The smallest absolute Gasteiger partial charge is 0.0506 e. The fraction of sp³-hybridized carbons (Fsp3) is 0.154. The summed E-state index contributed by atoms with van der Waals surface area (Å²) in [5.74, 6) is 0. The van der Waals surface area contributed by atoms with Crippen LogP contribution in [0.5, 0.6) is 0 Å². The average molecular weight is 198 g/mol. The lowest BCUT2D eigenvalue weighted by Gasteiger charge is -2.05. The lowest BCUT2D eigenvalue weighted by Crippen LogP contribution is -1.88. The number of benzene rings is 1. The highest BCUT2D eigenvalue weighted by atomic mass is 14.7. The van der Waals surface area contributed by atoms with Crippen LogP contribution in [0.3, 0.4) is 0 Å². The van der Waals surface area contributed by atoms with Crippen molar-refractivity contribution in [2.45, 2.75) is 13.8 Å². The Bertz CT molecular complexity index is 469. The van der Waals surface area contributed by atoms with E-state index in [4.69, 9.17) is 5.73 Å². The molecule has 0 saturated carbocycles. The van der Waals surface area contributed by atoms with Crippen LogP contribution in [-0.4, -0.2) is 4.98 Å². The van der Waals surface area contributed by atoms with E-state index in [1.54, 1.807) is 6.20 Å². The molecule has 0 spiro atoms. The molecule has 2 aromatic rings. The Morgan fingerprint density at radius 3 is 2.13 bits per heavy atom. The lowest BCUT2D eigenvalue weighted by molar-refractivity contribution is 1.32. The summed E-state index contributed by atoms with van der Waals surface area (Å²) in [6.45, 7) is 4.19. The van der Waals surface area contributed by atoms with Gasteiger partial charge in [0, 0.05) is 18.0 Å². The largest absolute Gasteiger partial charge is 0.397 e. The van der Waals surface area contributed by atoms with Crippen molar-refractivity contribution >= 4 is 5.69 Å². The van der Waals surface area contributed by atoms with Crippen LogP contribution < -0.4 is 5.73 Å². The van der Waals surface area contributed by atoms with Crippen LogP contribution in [-0.2, 0) is 0 Å². The van der Waals surface area contributed by atoms with Crippen molar-refractivity contribution in [2.75, 3.05) is 5.73 Å². The minimum Gasteiger partial charge on any atom is -0.397 e. The molecule has 0 bridgehead atoms. The van der Waals surface area contributed by atoms with Crippen molar-refractivity contribution in [3.8, 4) is 11.1 Å². The van der Waals surface area contributed by atoms with Crippen LogP contribution in [0.25, 0.3) is 11.1 Å². The van der Waals surface area contributed by atoms with E-state index < -0.39 is 0 Å². The van der Waals surface area contributed by atoms with Crippen molar-refractivity contribution in [3.05, 3.63) is 47.8 Å². The van der Waals surface area contributed by atoms with Gasteiger partial charge in [-0.1, -0.05) is 29.3 Å². The van der Waals surface area contributed by atoms with Crippen LogP contribution in [0, 0.1) is 13.8 Å². The fourth-order valence-electron chi connectivity index (χ4n) is 1.76. The first-order valence-corrected chi connectivity index (χ1v) is 4.94. The highest BCUT2D eigenvalue weighted by molar-refractivity contribution is 5.67. The Hall–Kier alpha value is -1.83. The van der Waals surface area contributed by atoms with Crippen LogP contribution >= 0.6 is 0 Å². The maximum atomic E-state index is 5.71. The summed E-state index contributed by atoms with van der Waals surface area (Å²) in [7, 11) is 0. The van der Waals surface area contributed by atoms with Gasteiger partial charge < -0.3 is 5.73 Å². The van der Waals surface area contributed by atoms with Crippen LogP contribution in [0.4, 0.5) is 5.69 Å². The zero-order valence-electron chi connectivity index (χ0n) is 8.99. The van der Waals surface area contributed by atoms with E-state index in [9.17, 15) is 0 Å². The van der Waals surface area contributed by atoms with Gasteiger partial charge in [-0.2, -0.15) is 0 Å². The maximum absolute atomic E-state index is 5.71. The first kappa shape index (κ1) is 9.71. The second-order valence-corrected chi connectivity index (χ2v) is 3.88. The first-order chi connectivity index (χ1) is 7.15. The first-order valence-electron chi connectivity index (χ1n) is 4.94. The Morgan fingerprint density at radius 1 is 0.867 bits per heavy atom. The number of nitrogens with two attached hydrogens (primary N) is 1. The minimum atomic E-state index is 0.701. The predicted molar refractivity (Wildman–Crippen MR) is 63.6 cm³/mol. The number of aromatic nitrogens is 1. The molecular weight excluding hydrogens is 184 g/mol. The number of pyridine rings is 1. The zero-order chi connectivity index (χ0) is 10.8. The fourth-order valence-corrected chi connectivity index (χ4v) is 1.76. The van der Waals surface area contributed by atoms with Gasteiger partial charge in [-0.25, -0.2) is 0 Å². The Labute approximate surface area is 89.8 Å². The van der Waals surface area contributed by atoms with E-state index in [0.717, 1.165) is 5.56 Å². The van der Waals surface area contributed by atoms with Crippen LogP contribution in [0.1, 0.15) is 11.1 Å². The molecule has 2 N–H and O–H groups in total. The van der Waals surface area contributed by atoms with E-state index in [2.05, 4.69) is 37.0 Å². The topological polar surface area (TPSA) is 38.9 Å². The third kappa shape index (κ3) is 2.15. The number of nitrogens with zero attached hydrogens (tertiary/aromatic N) is 1. The molecule has 2 nitrogen and oxygen atoms in total.